The fourth-order valence-electron chi connectivity index (χ4n) is 2.75. The highest BCUT2D eigenvalue weighted by atomic mass is 35.5. The summed E-state index contributed by atoms with van der Waals surface area (Å²) in [6.07, 6.45) is 0.657. The lowest BCUT2D eigenvalue weighted by Gasteiger charge is -2.11. The van der Waals surface area contributed by atoms with Crippen molar-refractivity contribution in [2.75, 3.05) is 6.61 Å². The third-order valence-electron chi connectivity index (χ3n) is 4.19. The van der Waals surface area contributed by atoms with Crippen LogP contribution in [0.3, 0.4) is 0 Å². The van der Waals surface area contributed by atoms with Gasteiger partial charge in [0, 0.05) is 18.1 Å². The Hall–Kier alpha value is -3.03. The molecule has 0 fully saturated rings. The van der Waals surface area contributed by atoms with Crippen molar-refractivity contribution in [3.63, 3.8) is 0 Å². The molecule has 3 rings (SSSR count). The van der Waals surface area contributed by atoms with Crippen molar-refractivity contribution in [3.05, 3.63) is 89.5 Å². The predicted octanol–water partition coefficient (Wildman–Crippen LogP) is 4.09. The highest BCUT2D eigenvalue weighted by Gasteiger charge is 2.16. The molecular weight excluding hydrogens is 424 g/mol. The molecule has 0 saturated heterocycles. The third kappa shape index (κ3) is 6.23. The van der Waals surface area contributed by atoms with E-state index in [1.165, 1.54) is 12.1 Å². The van der Waals surface area contributed by atoms with Crippen molar-refractivity contribution in [1.82, 2.24) is 0 Å². The van der Waals surface area contributed by atoms with Crippen LogP contribution in [0.1, 0.15) is 16.7 Å². The first kappa shape index (κ1) is 23.3. The minimum Gasteiger partial charge on any atom is -0.493 e. The molecular formula is C22H23ClN2O4S. The van der Waals surface area contributed by atoms with Gasteiger partial charge in [0.25, 0.3) is 0 Å². The number of nitrogens with one attached hydrogen (secondary N) is 1. The largest absolute Gasteiger partial charge is 0.493 e. The Balaban J connectivity index is 0.00000320. The summed E-state index contributed by atoms with van der Waals surface area (Å²) in [5.41, 5.74) is 8.00. The number of nitrogen functional groups attached to an aromatic ring is 1. The highest BCUT2D eigenvalue weighted by Crippen LogP contribution is 2.26. The van der Waals surface area contributed by atoms with Crippen LogP contribution in [-0.4, -0.2) is 20.9 Å². The second-order valence-electron chi connectivity index (χ2n) is 6.54. The molecule has 6 nitrogen and oxygen atoms in total. The molecule has 0 spiro atoms. The van der Waals surface area contributed by atoms with E-state index < -0.39 is 10.1 Å². The first-order chi connectivity index (χ1) is 13.8. The van der Waals surface area contributed by atoms with Gasteiger partial charge in [0.2, 0.25) is 0 Å². The van der Waals surface area contributed by atoms with E-state index >= 15 is 0 Å². The van der Waals surface area contributed by atoms with Crippen molar-refractivity contribution in [3.8, 4) is 11.5 Å². The molecule has 0 aromatic heterocycles. The van der Waals surface area contributed by atoms with Gasteiger partial charge >= 0.3 is 10.1 Å². The standard InChI is InChI=1S/C22H22N2O4S.ClH/c1-16-13-19(27-12-11-17-7-9-18(10-8-17)22(23)24)15-20(14-16)28-29(25,26)21-5-3-2-4-6-21;/h2-10,13-15H,11-12H2,1H3,(H3,23,24);1H. The van der Waals surface area contributed by atoms with Crippen LogP contribution < -0.4 is 14.7 Å². The summed E-state index contributed by atoms with van der Waals surface area (Å²) in [4.78, 5) is 0.0954. The number of halogens is 1. The maximum absolute atomic E-state index is 12.4. The molecule has 3 aromatic carbocycles. The van der Waals surface area contributed by atoms with E-state index in [4.69, 9.17) is 20.1 Å². The molecule has 0 aliphatic heterocycles. The van der Waals surface area contributed by atoms with Gasteiger partial charge in [0.15, 0.2) is 0 Å². The van der Waals surface area contributed by atoms with Crippen LogP contribution >= 0.6 is 12.4 Å². The van der Waals surface area contributed by atoms with Gasteiger partial charge in [0.05, 0.1) is 6.61 Å². The molecule has 0 unspecified atom stereocenters. The second-order valence-corrected chi connectivity index (χ2v) is 8.09. The minimum atomic E-state index is -3.90. The third-order valence-corrected chi connectivity index (χ3v) is 5.45. The first-order valence-corrected chi connectivity index (χ1v) is 10.4. The average Bonchev–Trinajstić information content (AvgIpc) is 2.68. The predicted molar refractivity (Wildman–Crippen MR) is 119 cm³/mol. The van der Waals surface area contributed by atoms with Crippen LogP contribution in [-0.2, 0) is 16.5 Å². The summed E-state index contributed by atoms with van der Waals surface area (Å²) in [7, 11) is -3.90. The van der Waals surface area contributed by atoms with Crippen molar-refractivity contribution in [2.45, 2.75) is 18.2 Å². The van der Waals surface area contributed by atoms with E-state index in [0.717, 1.165) is 11.1 Å². The number of ether oxygens (including phenoxy) is 1. The van der Waals surface area contributed by atoms with Crippen molar-refractivity contribution < 1.29 is 17.3 Å². The molecule has 0 amide bonds. The van der Waals surface area contributed by atoms with Crippen LogP contribution in [0.4, 0.5) is 0 Å². The van der Waals surface area contributed by atoms with Gasteiger partial charge in [0.1, 0.15) is 22.2 Å². The molecule has 0 radical (unpaired) electrons. The Morgan fingerprint density at radius 2 is 1.60 bits per heavy atom. The van der Waals surface area contributed by atoms with E-state index in [9.17, 15) is 8.42 Å². The maximum atomic E-state index is 12.4. The fourth-order valence-corrected chi connectivity index (χ4v) is 3.68. The summed E-state index contributed by atoms with van der Waals surface area (Å²) in [5.74, 6) is 0.767. The lowest BCUT2D eigenvalue weighted by atomic mass is 10.1. The van der Waals surface area contributed by atoms with Gasteiger partial charge in [-0.25, -0.2) is 0 Å². The van der Waals surface area contributed by atoms with Gasteiger partial charge in [-0.1, -0.05) is 42.5 Å². The molecule has 0 atom stereocenters. The summed E-state index contributed by atoms with van der Waals surface area (Å²) >= 11 is 0. The van der Waals surface area contributed by atoms with Gasteiger partial charge in [-0.15, -0.1) is 12.4 Å². The molecule has 0 saturated carbocycles. The maximum Gasteiger partial charge on any atom is 0.339 e. The topological polar surface area (TPSA) is 102 Å². The van der Waals surface area contributed by atoms with Gasteiger partial charge in [-0.05, 0) is 42.3 Å². The van der Waals surface area contributed by atoms with Crippen LogP contribution in [0.2, 0.25) is 0 Å². The van der Waals surface area contributed by atoms with Gasteiger partial charge in [-0.3, -0.25) is 5.41 Å². The van der Waals surface area contributed by atoms with Gasteiger partial charge < -0.3 is 14.7 Å². The normalized spacial score (nSPS) is 10.7. The Kier molecular flexibility index (Phi) is 7.86. The van der Waals surface area contributed by atoms with E-state index in [0.29, 0.717) is 24.3 Å². The molecule has 0 heterocycles. The van der Waals surface area contributed by atoms with Crippen LogP contribution in [0.5, 0.6) is 11.5 Å². The number of hydrogen-bond donors (Lipinski definition) is 2. The zero-order valence-electron chi connectivity index (χ0n) is 16.4. The SMILES string of the molecule is Cc1cc(OCCc2ccc(C(=N)N)cc2)cc(OS(=O)(=O)c2ccccc2)c1.Cl. The Labute approximate surface area is 182 Å². The quantitative estimate of drug-likeness (QED) is 0.308. The van der Waals surface area contributed by atoms with E-state index in [2.05, 4.69) is 0 Å². The van der Waals surface area contributed by atoms with E-state index in [1.54, 1.807) is 42.5 Å². The zero-order valence-corrected chi connectivity index (χ0v) is 18.0. The van der Waals surface area contributed by atoms with E-state index in [-0.39, 0.29) is 28.9 Å². The Morgan fingerprint density at radius 3 is 2.23 bits per heavy atom. The number of rotatable bonds is 8. The Bertz CT molecular complexity index is 1100. The molecule has 3 aromatic rings. The average molecular weight is 447 g/mol. The van der Waals surface area contributed by atoms with Crippen molar-refractivity contribution in [2.24, 2.45) is 5.73 Å². The molecule has 0 bridgehead atoms. The van der Waals surface area contributed by atoms with E-state index in [1.807, 2.05) is 25.1 Å². The molecule has 0 aliphatic carbocycles. The van der Waals surface area contributed by atoms with Gasteiger partial charge in [-0.2, -0.15) is 8.42 Å². The fraction of sp³-hybridized carbons (Fsp3) is 0.136. The van der Waals surface area contributed by atoms with Crippen molar-refractivity contribution in [1.29, 1.82) is 5.41 Å². The number of amidine groups is 1. The van der Waals surface area contributed by atoms with Crippen molar-refractivity contribution >= 4 is 28.4 Å². The highest BCUT2D eigenvalue weighted by molar-refractivity contribution is 7.87. The summed E-state index contributed by atoms with van der Waals surface area (Å²) < 4.78 is 35.9. The first-order valence-electron chi connectivity index (χ1n) is 9.01. The smallest absolute Gasteiger partial charge is 0.339 e. The zero-order chi connectivity index (χ0) is 20.9. The Morgan fingerprint density at radius 1 is 0.967 bits per heavy atom. The molecule has 0 aliphatic rings. The van der Waals surface area contributed by atoms with Crippen LogP contribution in [0.15, 0.2) is 77.7 Å². The number of aryl methyl sites for hydroxylation is 1. The number of hydrogen-bond acceptors (Lipinski definition) is 5. The number of benzene rings is 3. The molecule has 8 heteroatoms. The monoisotopic (exact) mass is 446 g/mol. The number of nitrogens with two attached hydrogens (primary N) is 1. The van der Waals surface area contributed by atoms with Crippen LogP contribution in [0, 0.1) is 12.3 Å². The molecule has 30 heavy (non-hydrogen) atoms. The minimum absolute atomic E-state index is 0. The van der Waals surface area contributed by atoms with Crippen LogP contribution in [0.25, 0.3) is 0 Å². The lowest BCUT2D eigenvalue weighted by Crippen LogP contribution is -2.11. The summed E-state index contributed by atoms with van der Waals surface area (Å²) in [5, 5.41) is 7.41. The molecule has 158 valence electrons. The molecule has 3 N–H and O–H groups in total. The summed E-state index contributed by atoms with van der Waals surface area (Å²) in [6, 6.07) is 20.4. The summed E-state index contributed by atoms with van der Waals surface area (Å²) in [6.45, 7) is 2.25. The second kappa shape index (κ2) is 10.1. The lowest BCUT2D eigenvalue weighted by molar-refractivity contribution is 0.320.